The van der Waals surface area contributed by atoms with Gasteiger partial charge in [-0.3, -0.25) is 4.79 Å². The Morgan fingerprint density at radius 1 is 1.30 bits per heavy atom. The summed E-state index contributed by atoms with van der Waals surface area (Å²) in [5.74, 6) is 0.558. The second-order valence-corrected chi connectivity index (χ2v) is 8.94. The van der Waals surface area contributed by atoms with Crippen molar-refractivity contribution in [3.05, 3.63) is 54.1 Å². The van der Waals surface area contributed by atoms with Gasteiger partial charge >= 0.3 is 0 Å². The summed E-state index contributed by atoms with van der Waals surface area (Å²) in [5, 5.41) is 2.94. The fourth-order valence-electron chi connectivity index (χ4n) is 3.39. The van der Waals surface area contributed by atoms with Crippen molar-refractivity contribution in [3.63, 3.8) is 0 Å². The first-order valence-electron chi connectivity index (χ1n) is 9.20. The van der Waals surface area contributed by atoms with E-state index >= 15 is 0 Å². The van der Waals surface area contributed by atoms with Crippen LogP contribution in [0.25, 0.3) is 0 Å². The van der Waals surface area contributed by atoms with Gasteiger partial charge in [-0.15, -0.1) is 0 Å². The molecule has 7 nitrogen and oxygen atoms in total. The highest BCUT2D eigenvalue weighted by Gasteiger charge is 2.29. The van der Waals surface area contributed by atoms with Gasteiger partial charge in [0.1, 0.15) is 5.82 Å². The minimum atomic E-state index is -3.24. The van der Waals surface area contributed by atoms with Gasteiger partial charge in [-0.1, -0.05) is 30.3 Å². The van der Waals surface area contributed by atoms with Crippen molar-refractivity contribution in [2.45, 2.75) is 25.8 Å². The van der Waals surface area contributed by atoms with Gasteiger partial charge in [-0.2, -0.15) is 0 Å². The number of nitrogens with one attached hydrogen (secondary N) is 1. The monoisotopic (exact) mass is 390 g/mol. The van der Waals surface area contributed by atoms with E-state index in [-0.39, 0.29) is 18.4 Å². The zero-order valence-corrected chi connectivity index (χ0v) is 16.4. The molecule has 0 bridgehead atoms. The molecule has 1 aliphatic heterocycles. The summed E-state index contributed by atoms with van der Waals surface area (Å²) in [5.41, 5.74) is 1.20. The number of sulfonamides is 1. The van der Waals surface area contributed by atoms with Gasteiger partial charge in [0.2, 0.25) is 15.9 Å². The van der Waals surface area contributed by atoms with E-state index in [1.807, 2.05) is 24.4 Å². The number of benzene rings is 1. The summed E-state index contributed by atoms with van der Waals surface area (Å²) in [6, 6.07) is 10.2. The highest BCUT2D eigenvalue weighted by Crippen LogP contribution is 2.18. The smallest absolute Gasteiger partial charge is 0.224 e. The number of nitrogens with zero attached hydrogens (tertiary/aromatic N) is 3. The maximum Gasteiger partial charge on any atom is 0.224 e. The molecule has 1 aromatic carbocycles. The summed E-state index contributed by atoms with van der Waals surface area (Å²) in [7, 11) is -3.24. The van der Waals surface area contributed by atoms with Crippen LogP contribution in [0.3, 0.4) is 0 Å². The topological polar surface area (TPSA) is 84.3 Å². The third-order valence-corrected chi connectivity index (χ3v) is 6.14. The first kappa shape index (κ1) is 19.6. The lowest BCUT2D eigenvalue weighted by molar-refractivity contribution is -0.126. The molecule has 146 valence electrons. The molecule has 0 aliphatic carbocycles. The van der Waals surface area contributed by atoms with E-state index in [1.54, 1.807) is 6.20 Å². The molecule has 3 rings (SSSR count). The Kier molecular flexibility index (Phi) is 6.28. The maximum atomic E-state index is 12.4. The number of hydrogen-bond acceptors (Lipinski definition) is 4. The quantitative estimate of drug-likeness (QED) is 0.771. The van der Waals surface area contributed by atoms with Crippen molar-refractivity contribution in [1.29, 1.82) is 0 Å². The Labute approximate surface area is 160 Å². The highest BCUT2D eigenvalue weighted by atomic mass is 32.2. The van der Waals surface area contributed by atoms with E-state index in [1.165, 1.54) is 16.1 Å². The Bertz CT molecular complexity index is 864. The van der Waals surface area contributed by atoms with Crippen molar-refractivity contribution in [2.24, 2.45) is 5.92 Å². The van der Waals surface area contributed by atoms with E-state index in [2.05, 4.69) is 27.0 Å². The SMILES string of the molecule is CS(=O)(=O)N1CCC[C@@H](C(=O)NCCc2nccn2Cc2ccccc2)C1. The third-order valence-electron chi connectivity index (χ3n) is 4.87. The Hall–Kier alpha value is -2.19. The van der Waals surface area contributed by atoms with Crippen LogP contribution in [-0.4, -0.2) is 54.1 Å². The summed E-state index contributed by atoms with van der Waals surface area (Å²) in [6.07, 6.45) is 6.97. The fraction of sp³-hybridized carbons (Fsp3) is 0.474. The molecule has 2 aromatic rings. The number of aromatic nitrogens is 2. The lowest BCUT2D eigenvalue weighted by Crippen LogP contribution is -2.45. The van der Waals surface area contributed by atoms with E-state index in [9.17, 15) is 13.2 Å². The van der Waals surface area contributed by atoms with Crippen LogP contribution in [0.4, 0.5) is 0 Å². The van der Waals surface area contributed by atoms with Gasteiger partial charge in [0.15, 0.2) is 0 Å². The van der Waals surface area contributed by atoms with Gasteiger partial charge < -0.3 is 9.88 Å². The van der Waals surface area contributed by atoms with Crippen LogP contribution in [0.1, 0.15) is 24.2 Å². The number of carbonyl (C=O) groups excluding carboxylic acids is 1. The zero-order chi connectivity index (χ0) is 19.3. The van der Waals surface area contributed by atoms with Gasteiger partial charge in [0.25, 0.3) is 0 Å². The Balaban J connectivity index is 1.50. The number of imidazole rings is 1. The Morgan fingerprint density at radius 3 is 2.81 bits per heavy atom. The molecule has 1 saturated heterocycles. The molecule has 1 amide bonds. The van der Waals surface area contributed by atoms with Crippen molar-refractivity contribution < 1.29 is 13.2 Å². The molecule has 1 aliphatic rings. The van der Waals surface area contributed by atoms with Gasteiger partial charge in [0.05, 0.1) is 12.2 Å². The predicted molar refractivity (Wildman–Crippen MR) is 104 cm³/mol. The molecule has 8 heteroatoms. The summed E-state index contributed by atoms with van der Waals surface area (Å²) in [6.45, 7) is 2.00. The van der Waals surface area contributed by atoms with Gasteiger partial charge in [-0.05, 0) is 18.4 Å². The lowest BCUT2D eigenvalue weighted by atomic mass is 9.99. The molecular formula is C19H26N4O3S. The molecule has 1 aromatic heterocycles. The predicted octanol–water partition coefficient (Wildman–Crippen LogP) is 1.26. The molecule has 0 spiro atoms. The number of carbonyl (C=O) groups is 1. The molecular weight excluding hydrogens is 364 g/mol. The standard InChI is InChI=1S/C19H26N4O3S/c1-27(25,26)23-12-5-8-17(15-23)19(24)21-10-9-18-20-11-13-22(18)14-16-6-3-2-4-7-16/h2-4,6-7,11,13,17H,5,8-10,12,14-15H2,1H3,(H,21,24)/t17-/m1/s1. The maximum absolute atomic E-state index is 12.4. The van der Waals surface area contributed by atoms with Crippen molar-refractivity contribution in [3.8, 4) is 0 Å². The summed E-state index contributed by atoms with van der Waals surface area (Å²) < 4.78 is 26.9. The number of hydrogen-bond donors (Lipinski definition) is 1. The summed E-state index contributed by atoms with van der Waals surface area (Å²) in [4.78, 5) is 16.8. The van der Waals surface area contributed by atoms with Gasteiger partial charge in [-0.25, -0.2) is 17.7 Å². The number of piperidine rings is 1. The molecule has 27 heavy (non-hydrogen) atoms. The molecule has 2 heterocycles. The molecule has 1 atom stereocenters. The Morgan fingerprint density at radius 2 is 2.07 bits per heavy atom. The van der Waals surface area contributed by atoms with Crippen molar-refractivity contribution in [2.75, 3.05) is 25.9 Å². The first-order valence-corrected chi connectivity index (χ1v) is 11.0. The number of rotatable bonds is 7. The van der Waals surface area contributed by atoms with Crippen LogP contribution in [0.2, 0.25) is 0 Å². The highest BCUT2D eigenvalue weighted by molar-refractivity contribution is 7.88. The van der Waals surface area contributed by atoms with E-state index < -0.39 is 10.0 Å². The third kappa shape index (κ3) is 5.40. The van der Waals surface area contributed by atoms with Crippen LogP contribution >= 0.6 is 0 Å². The van der Waals surface area contributed by atoms with Crippen LogP contribution in [0.5, 0.6) is 0 Å². The van der Waals surface area contributed by atoms with Crippen LogP contribution in [-0.2, 0) is 27.8 Å². The number of amides is 1. The lowest BCUT2D eigenvalue weighted by Gasteiger charge is -2.30. The average Bonchev–Trinajstić information content (AvgIpc) is 3.09. The molecule has 0 saturated carbocycles. The minimum Gasteiger partial charge on any atom is -0.355 e. The first-order chi connectivity index (χ1) is 12.9. The molecule has 1 N–H and O–H groups in total. The van der Waals surface area contributed by atoms with E-state index in [4.69, 9.17) is 0 Å². The molecule has 0 unspecified atom stereocenters. The minimum absolute atomic E-state index is 0.0792. The van der Waals surface area contributed by atoms with Gasteiger partial charge in [0, 0.05) is 45.0 Å². The molecule has 1 fully saturated rings. The van der Waals surface area contributed by atoms with E-state index in [0.29, 0.717) is 25.9 Å². The van der Waals surface area contributed by atoms with Crippen LogP contribution in [0.15, 0.2) is 42.7 Å². The summed E-state index contributed by atoms with van der Waals surface area (Å²) >= 11 is 0. The van der Waals surface area contributed by atoms with Crippen molar-refractivity contribution >= 4 is 15.9 Å². The van der Waals surface area contributed by atoms with Crippen LogP contribution < -0.4 is 5.32 Å². The fourth-order valence-corrected chi connectivity index (χ4v) is 4.30. The normalized spacial score (nSPS) is 18.3. The average molecular weight is 391 g/mol. The second-order valence-electron chi connectivity index (χ2n) is 6.96. The molecule has 0 radical (unpaired) electrons. The largest absolute Gasteiger partial charge is 0.355 e. The zero-order valence-electron chi connectivity index (χ0n) is 15.5. The van der Waals surface area contributed by atoms with E-state index in [0.717, 1.165) is 18.8 Å². The van der Waals surface area contributed by atoms with Crippen LogP contribution in [0, 0.1) is 5.92 Å². The van der Waals surface area contributed by atoms with Crippen molar-refractivity contribution in [1.82, 2.24) is 19.2 Å². The second kappa shape index (κ2) is 8.67.